The van der Waals surface area contributed by atoms with Gasteiger partial charge in [0, 0.05) is 5.02 Å². The molecule has 0 spiro atoms. The monoisotopic (exact) mass is 400 g/mol. The molecule has 28 heavy (non-hydrogen) atoms. The molecule has 0 fully saturated rings. The van der Waals surface area contributed by atoms with Gasteiger partial charge in [-0.25, -0.2) is 4.79 Å². The molecule has 4 N–H and O–H groups in total. The second kappa shape index (κ2) is 9.94. The largest absolute Gasteiger partial charge is 0.455 e. The van der Waals surface area contributed by atoms with E-state index >= 15 is 0 Å². The van der Waals surface area contributed by atoms with Gasteiger partial charge >= 0.3 is 12.0 Å². The van der Waals surface area contributed by atoms with Crippen molar-refractivity contribution in [1.82, 2.24) is 5.32 Å². The molecule has 144 valence electrons. The third-order valence-electron chi connectivity index (χ3n) is 3.65. The van der Waals surface area contributed by atoms with Crippen LogP contribution in [0.15, 0.2) is 48.5 Å². The first-order valence-corrected chi connectivity index (χ1v) is 8.53. The number of nitrogens with two attached hydrogens (primary N) is 1. The van der Waals surface area contributed by atoms with Gasteiger partial charge in [0.25, 0.3) is 5.91 Å². The zero-order chi connectivity index (χ0) is 20.5. The van der Waals surface area contributed by atoms with Crippen molar-refractivity contribution in [3.63, 3.8) is 0 Å². The second-order valence-electron chi connectivity index (χ2n) is 5.68. The summed E-state index contributed by atoms with van der Waals surface area (Å²) in [6, 6.07) is 13.3. The molecular weight excluding hydrogens is 384 g/mol. The van der Waals surface area contributed by atoms with E-state index < -0.39 is 30.6 Å². The van der Waals surface area contributed by atoms with Crippen LogP contribution >= 0.6 is 11.6 Å². The Balaban J connectivity index is 1.93. The number of carbonyl (C=O) groups is 3. The van der Waals surface area contributed by atoms with Crippen LogP contribution in [-0.2, 0) is 14.3 Å². The van der Waals surface area contributed by atoms with Gasteiger partial charge in [-0.05, 0) is 29.8 Å². The molecule has 0 saturated carbocycles. The number of rotatable bonds is 7. The average molecular weight is 401 g/mol. The van der Waals surface area contributed by atoms with Crippen molar-refractivity contribution in [2.45, 2.75) is 12.5 Å². The van der Waals surface area contributed by atoms with Gasteiger partial charge in [0.05, 0.1) is 23.7 Å². The molecule has 8 nitrogen and oxygen atoms in total. The summed E-state index contributed by atoms with van der Waals surface area (Å²) < 4.78 is 4.95. The van der Waals surface area contributed by atoms with Gasteiger partial charge in [0.1, 0.15) is 6.07 Å². The Kier molecular flexibility index (Phi) is 7.37. The van der Waals surface area contributed by atoms with Crippen molar-refractivity contribution in [1.29, 1.82) is 5.26 Å². The first-order chi connectivity index (χ1) is 13.4. The average Bonchev–Trinajstić information content (AvgIpc) is 2.66. The predicted octanol–water partition coefficient (Wildman–Crippen LogP) is 2.49. The van der Waals surface area contributed by atoms with Crippen molar-refractivity contribution in [2.75, 3.05) is 11.9 Å². The van der Waals surface area contributed by atoms with Gasteiger partial charge in [-0.3, -0.25) is 9.59 Å². The number of amides is 3. The number of hydrogen-bond acceptors (Lipinski definition) is 5. The van der Waals surface area contributed by atoms with E-state index in [2.05, 4.69) is 10.6 Å². The van der Waals surface area contributed by atoms with Gasteiger partial charge in [0.2, 0.25) is 0 Å². The lowest BCUT2D eigenvalue weighted by Gasteiger charge is -2.17. The minimum absolute atomic E-state index is 0.230. The lowest BCUT2D eigenvalue weighted by molar-refractivity contribution is -0.147. The smallest absolute Gasteiger partial charge is 0.312 e. The fourth-order valence-electron chi connectivity index (χ4n) is 2.37. The molecule has 2 rings (SSSR count). The van der Waals surface area contributed by atoms with E-state index in [1.54, 1.807) is 48.5 Å². The van der Waals surface area contributed by atoms with E-state index in [-0.39, 0.29) is 12.0 Å². The number of nitrogens with one attached hydrogen (secondary N) is 2. The maximum Gasteiger partial charge on any atom is 0.312 e. The Bertz CT molecular complexity index is 909. The van der Waals surface area contributed by atoms with Crippen molar-refractivity contribution in [2.24, 2.45) is 5.73 Å². The molecule has 1 atom stereocenters. The van der Waals surface area contributed by atoms with Crippen LogP contribution in [-0.4, -0.2) is 24.5 Å². The predicted molar refractivity (Wildman–Crippen MR) is 102 cm³/mol. The lowest BCUT2D eigenvalue weighted by atomic mass is 10.0. The number of anilines is 1. The number of benzene rings is 2. The third kappa shape index (κ3) is 6.30. The summed E-state index contributed by atoms with van der Waals surface area (Å²) in [7, 11) is 0. The molecule has 0 aromatic heterocycles. The minimum Gasteiger partial charge on any atom is -0.455 e. The number of ether oxygens (including phenoxy) is 1. The van der Waals surface area contributed by atoms with Crippen LogP contribution in [0.25, 0.3) is 0 Å². The molecule has 0 bridgehead atoms. The quantitative estimate of drug-likeness (QED) is 0.614. The van der Waals surface area contributed by atoms with Crippen LogP contribution in [0.2, 0.25) is 5.02 Å². The van der Waals surface area contributed by atoms with Crippen molar-refractivity contribution in [3.05, 3.63) is 64.7 Å². The number of primary amides is 1. The molecular formula is C19H17ClN4O4. The highest BCUT2D eigenvalue weighted by atomic mass is 35.5. The molecule has 2 aromatic carbocycles. The SMILES string of the molecule is N#Cc1ccccc1NC(=O)COC(=O)C[C@@H](NC(N)=O)c1ccc(Cl)cc1. The van der Waals surface area contributed by atoms with Gasteiger partial charge in [0.15, 0.2) is 6.61 Å². The zero-order valence-electron chi connectivity index (χ0n) is 14.6. The van der Waals surface area contributed by atoms with Crippen LogP contribution in [0, 0.1) is 11.3 Å². The highest BCUT2D eigenvalue weighted by Crippen LogP contribution is 2.20. The topological polar surface area (TPSA) is 134 Å². The molecule has 3 amide bonds. The number of hydrogen-bond donors (Lipinski definition) is 3. The van der Waals surface area contributed by atoms with Gasteiger partial charge < -0.3 is 21.1 Å². The Morgan fingerprint density at radius 2 is 1.82 bits per heavy atom. The molecule has 2 aromatic rings. The summed E-state index contributed by atoms with van der Waals surface area (Å²) in [6.07, 6.45) is -0.230. The van der Waals surface area contributed by atoms with Crippen molar-refractivity contribution < 1.29 is 19.1 Å². The van der Waals surface area contributed by atoms with E-state index in [4.69, 9.17) is 27.3 Å². The highest BCUT2D eigenvalue weighted by molar-refractivity contribution is 6.30. The maximum absolute atomic E-state index is 12.1. The molecule has 0 heterocycles. The number of para-hydroxylation sites is 1. The lowest BCUT2D eigenvalue weighted by Crippen LogP contribution is -2.35. The number of urea groups is 1. The van der Waals surface area contributed by atoms with E-state index in [1.165, 1.54) is 0 Å². The summed E-state index contributed by atoms with van der Waals surface area (Å²) in [4.78, 5) is 35.2. The Labute approximate surface area is 166 Å². The number of carbonyl (C=O) groups excluding carboxylic acids is 3. The molecule has 0 saturated heterocycles. The summed E-state index contributed by atoms with van der Waals surface area (Å²) in [5, 5.41) is 14.4. The normalized spacial score (nSPS) is 11.0. The molecule has 0 radical (unpaired) electrons. The highest BCUT2D eigenvalue weighted by Gasteiger charge is 2.19. The van der Waals surface area contributed by atoms with E-state index in [1.807, 2.05) is 6.07 Å². The van der Waals surface area contributed by atoms with Crippen LogP contribution in [0.4, 0.5) is 10.5 Å². The second-order valence-corrected chi connectivity index (χ2v) is 6.12. The fourth-order valence-corrected chi connectivity index (χ4v) is 2.49. The first kappa shape index (κ1) is 20.7. The summed E-state index contributed by atoms with van der Waals surface area (Å²) in [5.74, 6) is -1.31. The fraction of sp³-hybridized carbons (Fsp3) is 0.158. The summed E-state index contributed by atoms with van der Waals surface area (Å²) in [5.41, 5.74) is 6.36. The molecule has 0 aliphatic heterocycles. The zero-order valence-corrected chi connectivity index (χ0v) is 15.4. The first-order valence-electron chi connectivity index (χ1n) is 8.15. The van der Waals surface area contributed by atoms with Crippen LogP contribution in [0.3, 0.4) is 0 Å². The standard InChI is InChI=1S/C19H17ClN4O4/c20-14-7-5-12(6-8-14)16(24-19(22)27)9-18(26)28-11-17(25)23-15-4-2-1-3-13(15)10-21/h1-8,16H,9,11H2,(H,23,25)(H3,22,24,27)/t16-/m1/s1. The number of halogens is 1. The minimum atomic E-state index is -0.807. The van der Waals surface area contributed by atoms with Crippen molar-refractivity contribution in [3.8, 4) is 6.07 Å². The van der Waals surface area contributed by atoms with E-state index in [0.29, 0.717) is 16.3 Å². The third-order valence-corrected chi connectivity index (χ3v) is 3.90. The number of esters is 1. The molecule has 0 aliphatic carbocycles. The molecule has 9 heteroatoms. The van der Waals surface area contributed by atoms with E-state index in [0.717, 1.165) is 0 Å². The number of nitriles is 1. The number of nitrogens with zero attached hydrogens (tertiary/aromatic N) is 1. The van der Waals surface area contributed by atoms with Gasteiger partial charge in [-0.1, -0.05) is 35.9 Å². The molecule has 0 aliphatic rings. The summed E-state index contributed by atoms with van der Waals surface area (Å²) in [6.45, 7) is -0.539. The van der Waals surface area contributed by atoms with Gasteiger partial charge in [-0.2, -0.15) is 5.26 Å². The van der Waals surface area contributed by atoms with Crippen molar-refractivity contribution >= 4 is 35.2 Å². The Hall–Kier alpha value is -3.57. The van der Waals surface area contributed by atoms with Crippen LogP contribution in [0.1, 0.15) is 23.6 Å². The Morgan fingerprint density at radius 1 is 1.14 bits per heavy atom. The maximum atomic E-state index is 12.1. The van der Waals surface area contributed by atoms with Gasteiger partial charge in [-0.15, -0.1) is 0 Å². The Morgan fingerprint density at radius 3 is 2.46 bits per heavy atom. The molecule has 0 unspecified atom stereocenters. The van der Waals surface area contributed by atoms with Crippen LogP contribution in [0.5, 0.6) is 0 Å². The van der Waals surface area contributed by atoms with E-state index in [9.17, 15) is 14.4 Å². The van der Waals surface area contributed by atoms with Crippen LogP contribution < -0.4 is 16.4 Å². The summed E-state index contributed by atoms with van der Waals surface area (Å²) >= 11 is 5.83.